The highest BCUT2D eigenvalue weighted by atomic mass is 19.1. The van der Waals surface area contributed by atoms with Gasteiger partial charge in [-0.3, -0.25) is 4.79 Å². The van der Waals surface area contributed by atoms with Crippen molar-refractivity contribution in [2.75, 3.05) is 36.4 Å². The molecule has 1 aromatic carbocycles. The molecule has 0 unspecified atom stereocenters. The number of carbonyl (C=O) groups excluding carboxylic acids is 2. The number of pyridine rings is 1. The van der Waals surface area contributed by atoms with Crippen LogP contribution in [0.5, 0.6) is 0 Å². The first-order chi connectivity index (χ1) is 17.5. The normalized spacial score (nSPS) is 14.4. The van der Waals surface area contributed by atoms with Gasteiger partial charge in [0, 0.05) is 51.7 Å². The van der Waals surface area contributed by atoms with Crippen molar-refractivity contribution in [3.63, 3.8) is 0 Å². The summed E-state index contributed by atoms with van der Waals surface area (Å²) < 4.78 is 23.1. The summed E-state index contributed by atoms with van der Waals surface area (Å²) in [4.78, 5) is 33.6. The Labute approximate surface area is 212 Å². The zero-order valence-corrected chi connectivity index (χ0v) is 21.4. The quantitative estimate of drug-likeness (QED) is 0.452. The summed E-state index contributed by atoms with van der Waals surface area (Å²) in [6.45, 7) is 9.47. The maximum absolute atomic E-state index is 14.5. The average Bonchev–Trinajstić information content (AvgIpc) is 3.40. The predicted molar refractivity (Wildman–Crippen MR) is 136 cm³/mol. The molecule has 12 heteroatoms. The lowest BCUT2D eigenvalue weighted by atomic mass is 10.1. The minimum Gasteiger partial charge on any atom is -0.444 e. The van der Waals surface area contributed by atoms with Crippen LogP contribution >= 0.6 is 0 Å². The fourth-order valence-corrected chi connectivity index (χ4v) is 4.49. The minimum absolute atomic E-state index is 0.199. The first kappa shape index (κ1) is 24.5. The SMILES string of the molecule is Cc1cn2cc(NC(=O)c3ccc(N4CCN(C(=O)OC(C)(C)C)CC4)c4nnn(C)c34)cc(F)c2n1. The number of piperazine rings is 1. The van der Waals surface area contributed by atoms with E-state index in [1.165, 1.54) is 6.07 Å². The summed E-state index contributed by atoms with van der Waals surface area (Å²) in [6, 6.07) is 4.79. The number of nitrogens with zero attached hydrogens (tertiary/aromatic N) is 7. The van der Waals surface area contributed by atoms with Crippen LogP contribution in [-0.2, 0) is 11.8 Å². The summed E-state index contributed by atoms with van der Waals surface area (Å²) in [6.07, 6.45) is 2.98. The van der Waals surface area contributed by atoms with Crippen molar-refractivity contribution in [2.45, 2.75) is 33.3 Å². The number of ether oxygens (including phenoxy) is 1. The van der Waals surface area contributed by atoms with Crippen LogP contribution < -0.4 is 10.2 Å². The molecule has 2 amide bonds. The second-order valence-corrected chi connectivity index (χ2v) is 10.1. The van der Waals surface area contributed by atoms with Crippen molar-refractivity contribution in [3.8, 4) is 0 Å². The molecule has 37 heavy (non-hydrogen) atoms. The maximum Gasteiger partial charge on any atom is 0.410 e. The van der Waals surface area contributed by atoms with Crippen LogP contribution in [0.15, 0.2) is 30.6 Å². The molecule has 1 aliphatic heterocycles. The number of aryl methyl sites for hydroxylation is 2. The summed E-state index contributed by atoms with van der Waals surface area (Å²) in [5.41, 5.74) is 2.95. The van der Waals surface area contributed by atoms with Gasteiger partial charge in [-0.25, -0.2) is 18.9 Å². The molecule has 1 aliphatic rings. The number of hydrogen-bond acceptors (Lipinski definition) is 7. The van der Waals surface area contributed by atoms with Crippen molar-refractivity contribution in [2.24, 2.45) is 7.05 Å². The van der Waals surface area contributed by atoms with Gasteiger partial charge in [0.1, 0.15) is 16.6 Å². The molecular formula is C25H29FN8O3. The van der Waals surface area contributed by atoms with Gasteiger partial charge < -0.3 is 24.3 Å². The van der Waals surface area contributed by atoms with E-state index in [4.69, 9.17) is 4.74 Å². The van der Waals surface area contributed by atoms with Crippen LogP contribution in [0, 0.1) is 12.7 Å². The Kier molecular flexibility index (Phi) is 5.97. The molecule has 0 atom stereocenters. The summed E-state index contributed by atoms with van der Waals surface area (Å²) >= 11 is 0. The summed E-state index contributed by atoms with van der Waals surface area (Å²) in [5, 5.41) is 11.2. The fraction of sp³-hybridized carbons (Fsp3) is 0.400. The lowest BCUT2D eigenvalue weighted by Gasteiger charge is -2.36. The molecule has 4 aromatic rings. The monoisotopic (exact) mass is 508 g/mol. The lowest BCUT2D eigenvalue weighted by Crippen LogP contribution is -2.50. The molecule has 1 saturated heterocycles. The maximum atomic E-state index is 14.5. The number of halogens is 1. The van der Waals surface area contributed by atoms with Gasteiger partial charge >= 0.3 is 6.09 Å². The van der Waals surface area contributed by atoms with Gasteiger partial charge in [0.25, 0.3) is 5.91 Å². The standard InChI is InChI=1S/C25H29FN8O3/c1-15-13-34-14-16(12-18(26)22(34)27-15)28-23(35)17-6-7-19(20-21(17)31(5)30-29-20)32-8-10-33(11-9-32)24(36)37-25(2,3)4/h6-7,12-14H,8-11H2,1-5H3,(H,28,35). The molecule has 0 aliphatic carbocycles. The van der Waals surface area contributed by atoms with Crippen LogP contribution in [0.3, 0.4) is 0 Å². The Bertz CT molecular complexity index is 1510. The van der Waals surface area contributed by atoms with Gasteiger partial charge in [-0.15, -0.1) is 5.10 Å². The van der Waals surface area contributed by atoms with E-state index in [9.17, 15) is 14.0 Å². The zero-order valence-electron chi connectivity index (χ0n) is 21.4. The highest BCUT2D eigenvalue weighted by Crippen LogP contribution is 2.29. The number of fused-ring (bicyclic) bond motifs is 2. The number of aromatic nitrogens is 5. The number of carbonyl (C=O) groups is 2. The number of benzene rings is 1. The van der Waals surface area contributed by atoms with Crippen LogP contribution in [0.4, 0.5) is 20.6 Å². The smallest absolute Gasteiger partial charge is 0.410 e. The Morgan fingerprint density at radius 1 is 1.11 bits per heavy atom. The molecule has 5 rings (SSSR count). The molecule has 0 spiro atoms. The number of nitrogens with one attached hydrogen (secondary N) is 1. The molecule has 4 heterocycles. The van der Waals surface area contributed by atoms with Crippen molar-refractivity contribution in [3.05, 3.63) is 47.7 Å². The van der Waals surface area contributed by atoms with Crippen LogP contribution in [-0.4, -0.2) is 73.1 Å². The third kappa shape index (κ3) is 4.78. The molecule has 0 saturated carbocycles. The van der Waals surface area contributed by atoms with E-state index >= 15 is 0 Å². The van der Waals surface area contributed by atoms with Gasteiger partial charge in [0.15, 0.2) is 11.5 Å². The predicted octanol–water partition coefficient (Wildman–Crippen LogP) is 3.37. The molecule has 0 bridgehead atoms. The van der Waals surface area contributed by atoms with Crippen molar-refractivity contribution in [1.82, 2.24) is 29.3 Å². The fourth-order valence-electron chi connectivity index (χ4n) is 4.49. The minimum atomic E-state index is -0.550. The number of amides is 2. The van der Waals surface area contributed by atoms with Gasteiger partial charge in [-0.1, -0.05) is 5.21 Å². The highest BCUT2D eigenvalue weighted by Gasteiger charge is 2.28. The topological polar surface area (TPSA) is 110 Å². The van der Waals surface area contributed by atoms with E-state index in [-0.39, 0.29) is 11.7 Å². The lowest BCUT2D eigenvalue weighted by molar-refractivity contribution is 0.0240. The number of anilines is 2. The van der Waals surface area contributed by atoms with Gasteiger partial charge in [0.2, 0.25) is 0 Å². The van der Waals surface area contributed by atoms with Crippen LogP contribution in [0.1, 0.15) is 36.8 Å². The molecule has 11 nitrogen and oxygen atoms in total. The molecule has 1 fully saturated rings. The van der Waals surface area contributed by atoms with Gasteiger partial charge in [0.05, 0.1) is 22.6 Å². The first-order valence-corrected chi connectivity index (χ1v) is 12.0. The highest BCUT2D eigenvalue weighted by molar-refractivity contribution is 6.13. The Hall–Kier alpha value is -4.22. The van der Waals surface area contributed by atoms with E-state index < -0.39 is 17.3 Å². The molecule has 0 radical (unpaired) electrons. The van der Waals surface area contributed by atoms with Crippen LogP contribution in [0.25, 0.3) is 16.7 Å². The van der Waals surface area contributed by atoms with Crippen molar-refractivity contribution in [1.29, 1.82) is 0 Å². The van der Waals surface area contributed by atoms with Gasteiger partial charge in [-0.2, -0.15) is 0 Å². The van der Waals surface area contributed by atoms with E-state index in [0.717, 1.165) is 5.69 Å². The van der Waals surface area contributed by atoms with E-state index in [0.29, 0.717) is 54.2 Å². The molecule has 3 aromatic heterocycles. The second-order valence-electron chi connectivity index (χ2n) is 10.1. The second kappa shape index (κ2) is 9.02. The summed E-state index contributed by atoms with van der Waals surface area (Å²) in [5.74, 6) is -0.939. The Morgan fingerprint density at radius 3 is 2.54 bits per heavy atom. The largest absolute Gasteiger partial charge is 0.444 e. The van der Waals surface area contributed by atoms with Crippen molar-refractivity contribution >= 4 is 40.1 Å². The van der Waals surface area contributed by atoms with E-state index in [1.54, 1.807) is 46.4 Å². The Balaban J connectivity index is 1.37. The van der Waals surface area contributed by atoms with Gasteiger partial charge in [-0.05, 0) is 39.8 Å². The molecule has 194 valence electrons. The number of rotatable bonds is 3. The third-order valence-electron chi connectivity index (χ3n) is 6.13. The van der Waals surface area contributed by atoms with Crippen LogP contribution in [0.2, 0.25) is 0 Å². The number of hydrogen-bond donors (Lipinski definition) is 1. The molecular weight excluding hydrogens is 479 g/mol. The number of imidazole rings is 1. The first-order valence-electron chi connectivity index (χ1n) is 12.0. The van der Waals surface area contributed by atoms with Crippen molar-refractivity contribution < 1.29 is 18.7 Å². The Morgan fingerprint density at radius 2 is 1.84 bits per heavy atom. The zero-order chi connectivity index (χ0) is 26.5. The summed E-state index contributed by atoms with van der Waals surface area (Å²) in [7, 11) is 1.72. The van der Waals surface area contributed by atoms with E-state index in [2.05, 4.69) is 25.5 Å². The molecule has 1 N–H and O–H groups in total. The third-order valence-corrected chi connectivity index (χ3v) is 6.13. The average molecular weight is 509 g/mol. The van der Waals surface area contributed by atoms with E-state index in [1.807, 2.05) is 26.8 Å².